The van der Waals surface area contributed by atoms with Crippen LogP contribution < -0.4 is 10.6 Å². The van der Waals surface area contributed by atoms with E-state index < -0.39 is 11.8 Å². The van der Waals surface area contributed by atoms with Crippen molar-refractivity contribution < 1.29 is 9.59 Å². The van der Waals surface area contributed by atoms with Gasteiger partial charge in [0.1, 0.15) is 5.70 Å². The van der Waals surface area contributed by atoms with Crippen molar-refractivity contribution in [2.75, 3.05) is 5.32 Å². The van der Waals surface area contributed by atoms with Gasteiger partial charge in [0.2, 0.25) is 0 Å². The molecule has 0 aliphatic rings. The molecule has 0 fully saturated rings. The van der Waals surface area contributed by atoms with E-state index in [9.17, 15) is 9.59 Å². The highest BCUT2D eigenvalue weighted by Crippen LogP contribution is 2.18. The third-order valence-electron chi connectivity index (χ3n) is 4.19. The summed E-state index contributed by atoms with van der Waals surface area (Å²) in [4.78, 5) is 25.7. The van der Waals surface area contributed by atoms with Crippen LogP contribution in [0.1, 0.15) is 21.5 Å². The van der Waals surface area contributed by atoms with Crippen LogP contribution in [0, 0.1) is 6.92 Å². The number of hydrogen-bond acceptors (Lipinski definition) is 2. The fraction of sp³-hybridized carbons (Fsp3) is 0.0435. The number of halogens is 2. The van der Waals surface area contributed by atoms with Crippen molar-refractivity contribution in [1.82, 2.24) is 5.32 Å². The summed E-state index contributed by atoms with van der Waals surface area (Å²) in [6.07, 6.45) is 1.62. The van der Waals surface area contributed by atoms with Crippen molar-refractivity contribution in [3.05, 3.63) is 105 Å². The van der Waals surface area contributed by atoms with E-state index in [2.05, 4.69) is 26.6 Å². The Morgan fingerprint density at radius 3 is 2.28 bits per heavy atom. The van der Waals surface area contributed by atoms with E-state index in [-0.39, 0.29) is 5.70 Å². The molecule has 0 radical (unpaired) electrons. The number of hydrogen-bond donors (Lipinski definition) is 2. The van der Waals surface area contributed by atoms with E-state index in [1.807, 2.05) is 49.4 Å². The lowest BCUT2D eigenvalue weighted by Crippen LogP contribution is -2.31. The second-order valence-electron chi connectivity index (χ2n) is 6.31. The topological polar surface area (TPSA) is 58.2 Å². The first-order valence-electron chi connectivity index (χ1n) is 8.84. The SMILES string of the molecule is Cc1ccccc1NC(=O)/C(=C/c1ccc(Br)cc1)NC(=O)c1ccccc1Cl. The minimum absolute atomic E-state index is 0.112. The first-order valence-corrected chi connectivity index (χ1v) is 10.0. The minimum Gasteiger partial charge on any atom is -0.320 e. The third-order valence-corrected chi connectivity index (χ3v) is 5.04. The van der Waals surface area contributed by atoms with E-state index in [4.69, 9.17) is 11.6 Å². The smallest absolute Gasteiger partial charge is 0.272 e. The molecule has 0 aliphatic carbocycles. The summed E-state index contributed by atoms with van der Waals surface area (Å²) < 4.78 is 0.917. The van der Waals surface area contributed by atoms with Gasteiger partial charge in [0, 0.05) is 10.2 Å². The largest absolute Gasteiger partial charge is 0.320 e. The van der Waals surface area contributed by atoms with Gasteiger partial charge < -0.3 is 10.6 Å². The number of para-hydroxylation sites is 1. The molecule has 0 aliphatic heterocycles. The molecule has 0 unspecified atom stereocenters. The Bertz CT molecular complexity index is 1080. The van der Waals surface area contributed by atoms with Gasteiger partial charge in [0.25, 0.3) is 11.8 Å². The zero-order chi connectivity index (χ0) is 20.8. The van der Waals surface area contributed by atoms with Crippen molar-refractivity contribution in [2.45, 2.75) is 6.92 Å². The molecule has 0 aromatic heterocycles. The Hall–Kier alpha value is -2.89. The Morgan fingerprint density at radius 2 is 1.59 bits per heavy atom. The zero-order valence-corrected chi connectivity index (χ0v) is 17.9. The molecule has 0 bridgehead atoms. The summed E-state index contributed by atoms with van der Waals surface area (Å²) in [5.74, 6) is -0.887. The highest BCUT2D eigenvalue weighted by atomic mass is 79.9. The van der Waals surface area contributed by atoms with Gasteiger partial charge in [-0.3, -0.25) is 9.59 Å². The van der Waals surface area contributed by atoms with Gasteiger partial charge in [-0.2, -0.15) is 0 Å². The molecule has 0 spiro atoms. The molecule has 3 aromatic rings. The van der Waals surface area contributed by atoms with Crippen LogP contribution in [0.25, 0.3) is 6.08 Å². The van der Waals surface area contributed by atoms with Crippen LogP contribution >= 0.6 is 27.5 Å². The van der Waals surface area contributed by atoms with Crippen molar-refractivity contribution >= 4 is 51.1 Å². The summed E-state index contributed by atoms with van der Waals surface area (Å²) in [5, 5.41) is 5.85. The number of carbonyl (C=O) groups is 2. The molecule has 4 nitrogen and oxygen atoms in total. The maximum Gasteiger partial charge on any atom is 0.272 e. The number of anilines is 1. The summed E-state index contributed by atoms with van der Waals surface area (Å²) in [6, 6.07) is 21.5. The van der Waals surface area contributed by atoms with E-state index in [1.54, 1.807) is 36.4 Å². The lowest BCUT2D eigenvalue weighted by molar-refractivity contribution is -0.113. The molecule has 146 valence electrons. The van der Waals surface area contributed by atoms with E-state index >= 15 is 0 Å². The number of carbonyl (C=O) groups excluding carboxylic acids is 2. The number of rotatable bonds is 5. The van der Waals surface area contributed by atoms with Crippen LogP contribution in [0.5, 0.6) is 0 Å². The highest BCUT2D eigenvalue weighted by molar-refractivity contribution is 9.10. The normalized spacial score (nSPS) is 11.1. The lowest BCUT2D eigenvalue weighted by Gasteiger charge is -2.13. The van der Waals surface area contributed by atoms with Gasteiger partial charge in [-0.15, -0.1) is 0 Å². The van der Waals surface area contributed by atoms with E-state index in [0.29, 0.717) is 16.3 Å². The van der Waals surface area contributed by atoms with Crippen LogP contribution in [0.4, 0.5) is 5.69 Å². The average molecular weight is 470 g/mol. The van der Waals surface area contributed by atoms with Crippen molar-refractivity contribution in [3.8, 4) is 0 Å². The van der Waals surface area contributed by atoms with Crippen molar-refractivity contribution in [2.24, 2.45) is 0 Å². The second-order valence-corrected chi connectivity index (χ2v) is 7.64. The molecule has 3 rings (SSSR count). The molecule has 3 aromatic carbocycles. The molecule has 0 atom stereocenters. The quantitative estimate of drug-likeness (QED) is 0.463. The van der Waals surface area contributed by atoms with Crippen LogP contribution in [0.2, 0.25) is 5.02 Å². The molecule has 0 heterocycles. The fourth-order valence-electron chi connectivity index (χ4n) is 2.62. The molecule has 2 N–H and O–H groups in total. The molecular formula is C23H18BrClN2O2. The molecule has 2 amide bonds. The third kappa shape index (κ3) is 5.56. The minimum atomic E-state index is -0.459. The summed E-state index contributed by atoms with van der Waals surface area (Å²) in [5.41, 5.74) is 2.76. The standard InChI is InChI=1S/C23H18BrClN2O2/c1-15-6-2-5-9-20(15)26-23(29)21(14-16-10-12-17(24)13-11-16)27-22(28)18-7-3-4-8-19(18)25/h2-14H,1H3,(H,26,29)(H,27,28)/b21-14-. The van der Waals surface area contributed by atoms with Gasteiger partial charge in [-0.1, -0.05) is 70.0 Å². The summed E-state index contributed by atoms with van der Waals surface area (Å²) in [7, 11) is 0. The molecule has 29 heavy (non-hydrogen) atoms. The van der Waals surface area contributed by atoms with E-state index in [0.717, 1.165) is 15.6 Å². The van der Waals surface area contributed by atoms with Crippen LogP contribution in [0.3, 0.4) is 0 Å². The highest BCUT2D eigenvalue weighted by Gasteiger charge is 2.17. The zero-order valence-electron chi connectivity index (χ0n) is 15.6. The predicted octanol–water partition coefficient (Wildman–Crippen LogP) is 5.82. The number of benzene rings is 3. The molecule has 0 saturated carbocycles. The predicted molar refractivity (Wildman–Crippen MR) is 121 cm³/mol. The Kier molecular flexibility index (Phi) is 6.86. The van der Waals surface area contributed by atoms with E-state index in [1.165, 1.54) is 0 Å². The Labute approximate surface area is 182 Å². The Balaban J connectivity index is 1.92. The number of nitrogens with one attached hydrogen (secondary N) is 2. The first-order chi connectivity index (χ1) is 13.9. The van der Waals surface area contributed by atoms with Crippen molar-refractivity contribution in [1.29, 1.82) is 0 Å². The Morgan fingerprint density at radius 1 is 0.931 bits per heavy atom. The summed E-state index contributed by atoms with van der Waals surface area (Å²) in [6.45, 7) is 1.90. The number of aryl methyl sites for hydroxylation is 1. The maximum atomic E-state index is 13.0. The first kappa shape index (κ1) is 20.8. The van der Waals surface area contributed by atoms with Gasteiger partial charge in [0.15, 0.2) is 0 Å². The maximum absolute atomic E-state index is 13.0. The van der Waals surface area contributed by atoms with Crippen molar-refractivity contribution in [3.63, 3.8) is 0 Å². The van der Waals surface area contributed by atoms with Gasteiger partial charge in [-0.05, 0) is 54.5 Å². The number of amides is 2. The van der Waals surface area contributed by atoms with Crippen LogP contribution in [-0.2, 0) is 4.79 Å². The molecule has 0 saturated heterocycles. The molecule has 6 heteroatoms. The van der Waals surface area contributed by atoms with Gasteiger partial charge in [0.05, 0.1) is 10.6 Å². The monoisotopic (exact) mass is 468 g/mol. The van der Waals surface area contributed by atoms with Gasteiger partial charge >= 0.3 is 0 Å². The second kappa shape index (κ2) is 9.54. The molecular weight excluding hydrogens is 452 g/mol. The average Bonchev–Trinajstić information content (AvgIpc) is 2.71. The van der Waals surface area contributed by atoms with Gasteiger partial charge in [-0.25, -0.2) is 0 Å². The summed E-state index contributed by atoms with van der Waals surface area (Å²) >= 11 is 9.51. The van der Waals surface area contributed by atoms with Crippen LogP contribution in [0.15, 0.2) is 83.0 Å². The lowest BCUT2D eigenvalue weighted by atomic mass is 10.1. The fourth-order valence-corrected chi connectivity index (χ4v) is 3.11. The van der Waals surface area contributed by atoms with Crippen LogP contribution in [-0.4, -0.2) is 11.8 Å².